The molecule has 0 fully saturated rings. The van der Waals surface area contributed by atoms with Crippen molar-refractivity contribution in [1.29, 1.82) is 0 Å². The Morgan fingerprint density at radius 1 is 1.53 bits per heavy atom. The van der Waals surface area contributed by atoms with Crippen LogP contribution in [0.4, 0.5) is 5.69 Å². The number of hydrogen-bond donors (Lipinski definition) is 3. The van der Waals surface area contributed by atoms with Crippen molar-refractivity contribution < 1.29 is 9.90 Å². The van der Waals surface area contributed by atoms with E-state index in [2.05, 4.69) is 5.43 Å². The van der Waals surface area contributed by atoms with Gasteiger partial charge >= 0.3 is 0 Å². The summed E-state index contributed by atoms with van der Waals surface area (Å²) < 4.78 is 0. The summed E-state index contributed by atoms with van der Waals surface area (Å²) in [5.41, 5.74) is 4.68. The van der Waals surface area contributed by atoms with E-state index < -0.39 is 0 Å². The first-order valence-corrected chi connectivity index (χ1v) is 5.61. The number of nitrogens with one attached hydrogen (secondary N) is 1. The molecule has 0 aromatic heterocycles. The third-order valence-electron chi connectivity index (χ3n) is 2.60. The average Bonchev–Trinajstić information content (AvgIpc) is 2.34. The number of rotatable bonds is 5. The van der Waals surface area contributed by atoms with Crippen molar-refractivity contribution in [2.45, 2.75) is 13.8 Å². The summed E-state index contributed by atoms with van der Waals surface area (Å²) in [6, 6.07) is 5.42. The first kappa shape index (κ1) is 13.5. The number of nitrogens with two attached hydrogens (primary N) is 1. The van der Waals surface area contributed by atoms with Gasteiger partial charge in [0.05, 0.1) is 17.9 Å². The predicted molar refractivity (Wildman–Crippen MR) is 67.7 cm³/mol. The van der Waals surface area contributed by atoms with Gasteiger partial charge in [-0.15, -0.1) is 0 Å². The van der Waals surface area contributed by atoms with Crippen LogP contribution in [0.25, 0.3) is 0 Å². The Labute approximate surface area is 101 Å². The molecule has 94 valence electrons. The van der Waals surface area contributed by atoms with Crippen LogP contribution in [0.15, 0.2) is 18.2 Å². The van der Waals surface area contributed by atoms with Gasteiger partial charge in [-0.2, -0.15) is 0 Å². The Morgan fingerprint density at radius 3 is 2.76 bits per heavy atom. The largest absolute Gasteiger partial charge is 0.395 e. The van der Waals surface area contributed by atoms with Crippen molar-refractivity contribution in [2.24, 2.45) is 5.84 Å². The highest BCUT2D eigenvalue weighted by Crippen LogP contribution is 2.18. The summed E-state index contributed by atoms with van der Waals surface area (Å²) in [5.74, 6) is 5.27. The Kier molecular flexibility index (Phi) is 4.93. The lowest BCUT2D eigenvalue weighted by atomic mass is 10.1. The molecule has 1 aromatic carbocycles. The molecule has 5 heteroatoms. The highest BCUT2D eigenvalue weighted by Gasteiger charge is 2.16. The Balaban J connectivity index is 3.02. The molecule has 4 N–H and O–H groups in total. The van der Waals surface area contributed by atoms with E-state index in [1.807, 2.05) is 26.0 Å². The van der Waals surface area contributed by atoms with E-state index in [-0.39, 0.29) is 12.5 Å². The van der Waals surface area contributed by atoms with E-state index in [4.69, 9.17) is 10.9 Å². The monoisotopic (exact) mass is 237 g/mol. The molecule has 0 radical (unpaired) electrons. The molecule has 0 unspecified atom stereocenters. The topological polar surface area (TPSA) is 78.6 Å². The molecular formula is C12H19N3O2. The number of likely N-dealkylation sites (N-methyl/N-ethyl adjacent to an activating group) is 1. The Morgan fingerprint density at radius 2 is 2.24 bits per heavy atom. The molecule has 5 nitrogen and oxygen atoms in total. The molecule has 0 atom stereocenters. The lowest BCUT2D eigenvalue weighted by molar-refractivity contribution is 0.0733. The number of benzene rings is 1. The van der Waals surface area contributed by atoms with E-state index in [9.17, 15) is 4.79 Å². The molecule has 0 aliphatic heterocycles. The van der Waals surface area contributed by atoms with Crippen LogP contribution in [0.2, 0.25) is 0 Å². The number of hydrogen-bond acceptors (Lipinski definition) is 4. The van der Waals surface area contributed by atoms with E-state index in [0.29, 0.717) is 24.3 Å². The molecule has 0 aliphatic carbocycles. The van der Waals surface area contributed by atoms with Crippen molar-refractivity contribution in [2.75, 3.05) is 25.1 Å². The summed E-state index contributed by atoms with van der Waals surface area (Å²) in [7, 11) is 0. The number of carbonyl (C=O) groups is 1. The van der Waals surface area contributed by atoms with Crippen LogP contribution in [0.1, 0.15) is 22.8 Å². The van der Waals surface area contributed by atoms with E-state index >= 15 is 0 Å². The summed E-state index contributed by atoms with van der Waals surface area (Å²) in [5, 5.41) is 8.90. The van der Waals surface area contributed by atoms with Gasteiger partial charge in [0.15, 0.2) is 0 Å². The average molecular weight is 237 g/mol. The second kappa shape index (κ2) is 6.22. The molecule has 1 aromatic rings. The number of aryl methyl sites for hydroxylation is 1. The third-order valence-corrected chi connectivity index (χ3v) is 2.60. The normalized spacial score (nSPS) is 10.1. The van der Waals surface area contributed by atoms with Gasteiger partial charge in [-0.05, 0) is 31.5 Å². The van der Waals surface area contributed by atoms with E-state index in [1.165, 1.54) is 0 Å². The zero-order valence-corrected chi connectivity index (χ0v) is 10.2. The van der Waals surface area contributed by atoms with Crippen LogP contribution in [-0.4, -0.2) is 35.6 Å². The minimum absolute atomic E-state index is 0.0448. The number of nitrogen functional groups attached to an aromatic ring is 1. The molecule has 1 rings (SSSR count). The van der Waals surface area contributed by atoms with Gasteiger partial charge in [-0.3, -0.25) is 10.6 Å². The van der Waals surface area contributed by atoms with Gasteiger partial charge in [-0.1, -0.05) is 6.07 Å². The first-order chi connectivity index (χ1) is 8.13. The predicted octanol–water partition coefficient (Wildman–Crippen LogP) is 0.735. The second-order valence-corrected chi connectivity index (χ2v) is 3.80. The SMILES string of the molecule is CCN(CCO)C(=O)c1ccc(C)cc1NN. The summed E-state index contributed by atoms with van der Waals surface area (Å²) in [6.07, 6.45) is 0. The van der Waals surface area contributed by atoms with Gasteiger partial charge in [0.1, 0.15) is 0 Å². The minimum atomic E-state index is -0.130. The Bertz CT molecular complexity index is 393. The number of carbonyl (C=O) groups excluding carboxylic acids is 1. The van der Waals surface area contributed by atoms with Crippen molar-refractivity contribution in [1.82, 2.24) is 4.90 Å². The smallest absolute Gasteiger partial charge is 0.256 e. The maximum atomic E-state index is 12.2. The first-order valence-electron chi connectivity index (χ1n) is 5.61. The molecule has 1 amide bonds. The number of nitrogens with zero attached hydrogens (tertiary/aromatic N) is 1. The molecule has 0 aliphatic rings. The van der Waals surface area contributed by atoms with Crippen LogP contribution >= 0.6 is 0 Å². The quantitative estimate of drug-likeness (QED) is 0.521. The van der Waals surface area contributed by atoms with Crippen molar-refractivity contribution in [3.05, 3.63) is 29.3 Å². The minimum Gasteiger partial charge on any atom is -0.395 e. The van der Waals surface area contributed by atoms with Crippen molar-refractivity contribution >= 4 is 11.6 Å². The van der Waals surface area contributed by atoms with Gasteiger partial charge < -0.3 is 15.4 Å². The molecule has 17 heavy (non-hydrogen) atoms. The molecule has 0 spiro atoms. The summed E-state index contributed by atoms with van der Waals surface area (Å²) in [6.45, 7) is 4.64. The third kappa shape index (κ3) is 3.18. The lowest BCUT2D eigenvalue weighted by Gasteiger charge is -2.21. The van der Waals surface area contributed by atoms with Crippen LogP contribution in [0, 0.1) is 6.92 Å². The highest BCUT2D eigenvalue weighted by molar-refractivity contribution is 5.99. The zero-order valence-electron chi connectivity index (χ0n) is 10.2. The fraction of sp³-hybridized carbons (Fsp3) is 0.417. The van der Waals surface area contributed by atoms with Crippen LogP contribution in [0.3, 0.4) is 0 Å². The molecular weight excluding hydrogens is 218 g/mol. The lowest BCUT2D eigenvalue weighted by Crippen LogP contribution is -2.34. The molecule has 0 saturated heterocycles. The number of amides is 1. The number of anilines is 1. The van der Waals surface area contributed by atoms with Crippen molar-refractivity contribution in [3.8, 4) is 0 Å². The van der Waals surface area contributed by atoms with Gasteiger partial charge in [0.25, 0.3) is 5.91 Å². The van der Waals surface area contributed by atoms with Gasteiger partial charge in [0, 0.05) is 13.1 Å². The van der Waals surface area contributed by atoms with Crippen LogP contribution < -0.4 is 11.3 Å². The van der Waals surface area contributed by atoms with Crippen LogP contribution in [0.5, 0.6) is 0 Å². The van der Waals surface area contributed by atoms with Crippen LogP contribution in [-0.2, 0) is 0 Å². The second-order valence-electron chi connectivity index (χ2n) is 3.80. The van der Waals surface area contributed by atoms with E-state index in [1.54, 1.807) is 11.0 Å². The number of aliphatic hydroxyl groups is 1. The maximum absolute atomic E-state index is 12.2. The fourth-order valence-electron chi connectivity index (χ4n) is 1.66. The van der Waals surface area contributed by atoms with Gasteiger partial charge in [0.2, 0.25) is 0 Å². The summed E-state index contributed by atoms with van der Waals surface area (Å²) >= 11 is 0. The number of aliphatic hydroxyl groups excluding tert-OH is 1. The highest BCUT2D eigenvalue weighted by atomic mass is 16.3. The fourth-order valence-corrected chi connectivity index (χ4v) is 1.66. The maximum Gasteiger partial charge on any atom is 0.256 e. The molecule has 0 saturated carbocycles. The molecule has 0 heterocycles. The zero-order chi connectivity index (χ0) is 12.8. The van der Waals surface area contributed by atoms with E-state index in [0.717, 1.165) is 5.56 Å². The Hall–Kier alpha value is -1.59. The number of hydrazine groups is 1. The van der Waals surface area contributed by atoms with Gasteiger partial charge in [-0.25, -0.2) is 0 Å². The van der Waals surface area contributed by atoms with Crippen molar-refractivity contribution in [3.63, 3.8) is 0 Å². The standard InChI is InChI=1S/C12H19N3O2/c1-3-15(6-7-16)12(17)10-5-4-9(2)8-11(10)14-13/h4-5,8,14,16H,3,6-7,13H2,1-2H3. The summed E-state index contributed by atoms with van der Waals surface area (Å²) in [4.78, 5) is 13.8. The molecule has 0 bridgehead atoms.